The number of esters is 1. The standard InChI is InChI=1S/C14H24O2/c1-2-3-4-5-6-7-8-10-13-11-9-12-14(15)16-13/h5-6,13H,2-4,7-12H2,1H3/b6-5+. The molecule has 1 rings (SSSR count). The van der Waals surface area contributed by atoms with Gasteiger partial charge in [0.2, 0.25) is 0 Å². The van der Waals surface area contributed by atoms with Crippen molar-refractivity contribution in [3.63, 3.8) is 0 Å². The highest BCUT2D eigenvalue weighted by Gasteiger charge is 2.19. The Bertz CT molecular complexity index is 221. The molecule has 92 valence electrons. The molecule has 16 heavy (non-hydrogen) atoms. The highest BCUT2D eigenvalue weighted by atomic mass is 16.5. The predicted octanol–water partition coefficient (Wildman–Crippen LogP) is 4.00. The normalized spacial score (nSPS) is 21.3. The van der Waals surface area contributed by atoms with E-state index in [1.165, 1.54) is 19.3 Å². The topological polar surface area (TPSA) is 26.3 Å². The molecule has 0 aliphatic carbocycles. The Morgan fingerprint density at radius 2 is 2.06 bits per heavy atom. The molecular weight excluding hydrogens is 200 g/mol. The minimum atomic E-state index is -0.00487. The molecular formula is C14H24O2. The van der Waals surface area contributed by atoms with Gasteiger partial charge < -0.3 is 4.74 Å². The monoisotopic (exact) mass is 224 g/mol. The van der Waals surface area contributed by atoms with Crippen LogP contribution in [-0.4, -0.2) is 12.1 Å². The van der Waals surface area contributed by atoms with E-state index in [0.717, 1.165) is 32.1 Å². The predicted molar refractivity (Wildman–Crippen MR) is 66.2 cm³/mol. The molecule has 1 aliphatic rings. The maximum atomic E-state index is 11.0. The fourth-order valence-electron chi connectivity index (χ4n) is 2.00. The van der Waals surface area contributed by atoms with E-state index in [0.29, 0.717) is 6.42 Å². The average Bonchev–Trinajstić information content (AvgIpc) is 2.28. The van der Waals surface area contributed by atoms with Crippen LogP contribution in [0, 0.1) is 0 Å². The van der Waals surface area contributed by atoms with E-state index >= 15 is 0 Å². The zero-order valence-corrected chi connectivity index (χ0v) is 10.4. The van der Waals surface area contributed by atoms with Gasteiger partial charge in [-0.15, -0.1) is 0 Å². The molecule has 2 nitrogen and oxygen atoms in total. The van der Waals surface area contributed by atoms with E-state index in [4.69, 9.17) is 4.74 Å². The van der Waals surface area contributed by atoms with Crippen molar-refractivity contribution in [2.75, 3.05) is 0 Å². The summed E-state index contributed by atoms with van der Waals surface area (Å²) in [5.74, 6) is -0.00487. The lowest BCUT2D eigenvalue weighted by atomic mass is 10.0. The lowest BCUT2D eigenvalue weighted by Gasteiger charge is -2.21. The van der Waals surface area contributed by atoms with Crippen LogP contribution in [0.5, 0.6) is 0 Å². The molecule has 1 aliphatic heterocycles. The van der Waals surface area contributed by atoms with Crippen LogP contribution in [0.1, 0.15) is 64.7 Å². The van der Waals surface area contributed by atoms with Gasteiger partial charge >= 0.3 is 5.97 Å². The summed E-state index contributed by atoms with van der Waals surface area (Å²) in [6.45, 7) is 2.21. The fraction of sp³-hybridized carbons (Fsp3) is 0.786. The van der Waals surface area contributed by atoms with Crippen LogP contribution in [0.3, 0.4) is 0 Å². The van der Waals surface area contributed by atoms with Crippen LogP contribution in [0.4, 0.5) is 0 Å². The fourth-order valence-corrected chi connectivity index (χ4v) is 2.00. The first kappa shape index (κ1) is 13.3. The summed E-state index contributed by atoms with van der Waals surface area (Å²) in [6, 6.07) is 0. The number of cyclic esters (lactones) is 1. The minimum absolute atomic E-state index is 0.00487. The maximum Gasteiger partial charge on any atom is 0.306 e. The van der Waals surface area contributed by atoms with Gasteiger partial charge in [0.05, 0.1) is 0 Å². The van der Waals surface area contributed by atoms with E-state index in [-0.39, 0.29) is 12.1 Å². The average molecular weight is 224 g/mol. The number of hydrogen-bond acceptors (Lipinski definition) is 2. The van der Waals surface area contributed by atoms with Crippen LogP contribution in [0.2, 0.25) is 0 Å². The molecule has 0 bridgehead atoms. The number of allylic oxidation sites excluding steroid dienone is 2. The zero-order chi connectivity index (χ0) is 11.6. The summed E-state index contributed by atoms with van der Waals surface area (Å²) in [4.78, 5) is 11.0. The molecule has 0 N–H and O–H groups in total. The smallest absolute Gasteiger partial charge is 0.306 e. The minimum Gasteiger partial charge on any atom is -0.462 e. The number of ether oxygens (including phenoxy) is 1. The SMILES string of the molecule is CCCC/C=C/CCCC1CCCC(=O)O1. The zero-order valence-electron chi connectivity index (χ0n) is 10.4. The Balaban J connectivity index is 1.98. The van der Waals surface area contributed by atoms with Crippen LogP contribution in [0.15, 0.2) is 12.2 Å². The molecule has 0 radical (unpaired) electrons. The molecule has 1 fully saturated rings. The van der Waals surface area contributed by atoms with Crippen molar-refractivity contribution in [3.8, 4) is 0 Å². The van der Waals surface area contributed by atoms with E-state index in [9.17, 15) is 4.79 Å². The van der Waals surface area contributed by atoms with Gasteiger partial charge in [0.15, 0.2) is 0 Å². The lowest BCUT2D eigenvalue weighted by Crippen LogP contribution is -2.23. The van der Waals surface area contributed by atoms with Crippen LogP contribution >= 0.6 is 0 Å². The van der Waals surface area contributed by atoms with Crippen molar-refractivity contribution in [1.29, 1.82) is 0 Å². The van der Waals surface area contributed by atoms with Gasteiger partial charge in [0.1, 0.15) is 6.10 Å². The number of rotatable bonds is 7. The van der Waals surface area contributed by atoms with Gasteiger partial charge in [0.25, 0.3) is 0 Å². The first-order valence-corrected chi connectivity index (χ1v) is 6.67. The Labute approximate surface area is 99.1 Å². The van der Waals surface area contributed by atoms with Gasteiger partial charge in [-0.2, -0.15) is 0 Å². The third kappa shape index (κ3) is 5.94. The second-order valence-corrected chi connectivity index (χ2v) is 4.55. The molecule has 0 aromatic carbocycles. The Morgan fingerprint density at radius 3 is 2.75 bits per heavy atom. The quantitative estimate of drug-likeness (QED) is 0.371. The van der Waals surface area contributed by atoms with Crippen molar-refractivity contribution < 1.29 is 9.53 Å². The van der Waals surface area contributed by atoms with E-state index in [1.54, 1.807) is 0 Å². The van der Waals surface area contributed by atoms with Crippen LogP contribution < -0.4 is 0 Å². The first-order valence-electron chi connectivity index (χ1n) is 6.67. The lowest BCUT2D eigenvalue weighted by molar-refractivity contribution is -0.154. The molecule has 1 heterocycles. The van der Waals surface area contributed by atoms with Gasteiger partial charge in [-0.1, -0.05) is 31.9 Å². The van der Waals surface area contributed by atoms with Crippen molar-refractivity contribution in [2.45, 2.75) is 70.8 Å². The number of carbonyl (C=O) groups is 1. The summed E-state index contributed by atoms with van der Waals surface area (Å²) >= 11 is 0. The molecule has 1 atom stereocenters. The second-order valence-electron chi connectivity index (χ2n) is 4.55. The number of unbranched alkanes of at least 4 members (excludes halogenated alkanes) is 3. The van der Waals surface area contributed by atoms with Gasteiger partial charge in [-0.05, 0) is 38.5 Å². The highest BCUT2D eigenvalue weighted by Crippen LogP contribution is 2.18. The molecule has 1 saturated heterocycles. The Kier molecular flexibility index (Phi) is 6.95. The molecule has 0 saturated carbocycles. The summed E-state index contributed by atoms with van der Waals surface area (Å²) in [5.41, 5.74) is 0. The summed E-state index contributed by atoms with van der Waals surface area (Å²) in [5, 5.41) is 0. The summed E-state index contributed by atoms with van der Waals surface area (Å²) in [7, 11) is 0. The maximum absolute atomic E-state index is 11.0. The third-order valence-electron chi connectivity index (χ3n) is 2.99. The van der Waals surface area contributed by atoms with Crippen LogP contribution in [0.25, 0.3) is 0 Å². The molecule has 0 aromatic heterocycles. The second kappa shape index (κ2) is 8.37. The number of hydrogen-bond donors (Lipinski definition) is 0. The van der Waals surface area contributed by atoms with E-state index in [1.807, 2.05) is 0 Å². The van der Waals surface area contributed by atoms with Crippen molar-refractivity contribution in [1.82, 2.24) is 0 Å². The van der Waals surface area contributed by atoms with Crippen molar-refractivity contribution >= 4 is 5.97 Å². The Hall–Kier alpha value is -0.790. The molecule has 0 spiro atoms. The largest absolute Gasteiger partial charge is 0.462 e. The van der Waals surface area contributed by atoms with Crippen molar-refractivity contribution in [3.05, 3.63) is 12.2 Å². The van der Waals surface area contributed by atoms with Crippen molar-refractivity contribution in [2.24, 2.45) is 0 Å². The Morgan fingerprint density at radius 1 is 1.31 bits per heavy atom. The van der Waals surface area contributed by atoms with E-state index < -0.39 is 0 Å². The van der Waals surface area contributed by atoms with E-state index in [2.05, 4.69) is 19.1 Å². The summed E-state index contributed by atoms with van der Waals surface area (Å²) in [6.07, 6.45) is 14.5. The first-order chi connectivity index (χ1) is 7.83. The number of carbonyl (C=O) groups excluding carboxylic acids is 1. The van der Waals surface area contributed by atoms with Crippen LogP contribution in [-0.2, 0) is 9.53 Å². The van der Waals surface area contributed by atoms with Gasteiger partial charge in [-0.3, -0.25) is 4.79 Å². The molecule has 2 heteroatoms. The molecule has 1 unspecified atom stereocenters. The van der Waals surface area contributed by atoms with Gasteiger partial charge in [-0.25, -0.2) is 0 Å². The molecule has 0 amide bonds. The van der Waals surface area contributed by atoms with Gasteiger partial charge in [0, 0.05) is 6.42 Å². The summed E-state index contributed by atoms with van der Waals surface area (Å²) < 4.78 is 5.27. The molecule has 0 aromatic rings. The highest BCUT2D eigenvalue weighted by molar-refractivity contribution is 5.70. The third-order valence-corrected chi connectivity index (χ3v) is 2.99.